The first kappa shape index (κ1) is 8.85. The van der Waals surface area contributed by atoms with Crippen LogP contribution in [0.5, 0.6) is 0 Å². The topological polar surface area (TPSA) is 56.7 Å². The van der Waals surface area contributed by atoms with Crippen LogP contribution in [0.2, 0.25) is 0 Å². The molecule has 0 aromatic carbocycles. The highest BCUT2D eigenvalue weighted by Crippen LogP contribution is 2.47. The van der Waals surface area contributed by atoms with Gasteiger partial charge in [-0.25, -0.2) is 0 Å². The van der Waals surface area contributed by atoms with E-state index < -0.39 is 0 Å². The van der Waals surface area contributed by atoms with Crippen molar-refractivity contribution in [3.63, 3.8) is 0 Å². The Morgan fingerprint density at radius 3 is 2.93 bits per heavy atom. The molecule has 2 N–H and O–H groups in total. The lowest BCUT2D eigenvalue weighted by molar-refractivity contribution is 0.318. The zero-order chi connectivity index (χ0) is 9.76. The minimum Gasteiger partial charge on any atom is -0.323 e. The van der Waals surface area contributed by atoms with E-state index in [0.29, 0.717) is 6.04 Å². The van der Waals surface area contributed by atoms with Crippen molar-refractivity contribution in [2.24, 2.45) is 5.73 Å². The van der Waals surface area contributed by atoms with Crippen molar-refractivity contribution < 1.29 is 0 Å². The van der Waals surface area contributed by atoms with Gasteiger partial charge in [0.25, 0.3) is 0 Å². The molecule has 1 unspecified atom stereocenters. The van der Waals surface area contributed by atoms with Crippen molar-refractivity contribution in [1.82, 2.24) is 14.8 Å². The molecule has 3 rings (SSSR count). The highest BCUT2D eigenvalue weighted by molar-refractivity contribution is 9.10. The average molecular weight is 257 g/mol. The Bertz CT molecular complexity index is 369. The van der Waals surface area contributed by atoms with Gasteiger partial charge in [-0.15, -0.1) is 10.2 Å². The van der Waals surface area contributed by atoms with Crippen LogP contribution >= 0.6 is 15.9 Å². The number of fused-ring (bicyclic) bond motifs is 1. The smallest absolute Gasteiger partial charge is 0.200 e. The largest absolute Gasteiger partial charge is 0.323 e. The third-order valence-corrected chi connectivity index (χ3v) is 3.95. The van der Waals surface area contributed by atoms with E-state index >= 15 is 0 Å². The fraction of sp³-hybridized carbons (Fsp3) is 0.778. The zero-order valence-electron chi connectivity index (χ0n) is 7.91. The summed E-state index contributed by atoms with van der Waals surface area (Å²) >= 11 is 3.45. The maximum absolute atomic E-state index is 6.27. The molecule has 0 amide bonds. The summed E-state index contributed by atoms with van der Waals surface area (Å²) in [7, 11) is 0. The van der Waals surface area contributed by atoms with E-state index in [1.54, 1.807) is 0 Å². The van der Waals surface area contributed by atoms with Crippen molar-refractivity contribution >= 4 is 15.9 Å². The van der Waals surface area contributed by atoms with Gasteiger partial charge in [-0.3, -0.25) is 0 Å². The van der Waals surface area contributed by atoms with Crippen LogP contribution in [-0.4, -0.2) is 20.3 Å². The van der Waals surface area contributed by atoms with Crippen LogP contribution in [-0.2, 0) is 6.42 Å². The van der Waals surface area contributed by atoms with Gasteiger partial charge in [0.2, 0.25) is 0 Å². The first-order chi connectivity index (χ1) is 6.71. The molecular weight excluding hydrogens is 244 g/mol. The lowest BCUT2D eigenvalue weighted by Gasteiger charge is -2.30. The normalized spacial score (nSPS) is 28.6. The second-order valence-corrected chi connectivity index (χ2v) is 5.11. The van der Waals surface area contributed by atoms with E-state index in [2.05, 4.69) is 30.7 Å². The fourth-order valence-corrected chi connectivity index (χ4v) is 2.92. The number of aromatic nitrogens is 3. The highest BCUT2D eigenvalue weighted by atomic mass is 79.9. The molecule has 0 spiro atoms. The van der Waals surface area contributed by atoms with Gasteiger partial charge in [0.05, 0.1) is 6.04 Å². The summed E-state index contributed by atoms with van der Waals surface area (Å²) in [6.45, 7) is 0. The predicted molar refractivity (Wildman–Crippen MR) is 55.8 cm³/mol. The van der Waals surface area contributed by atoms with E-state index in [4.69, 9.17) is 5.73 Å². The van der Waals surface area contributed by atoms with E-state index in [0.717, 1.165) is 29.8 Å². The standard InChI is InChI=1S/C9H13BrN4/c10-8-13-12-7-3-1-2-6(14(7)8)9(11)4-5-9/h6H,1-5,11H2. The van der Waals surface area contributed by atoms with Crippen LogP contribution in [0.3, 0.4) is 0 Å². The highest BCUT2D eigenvalue weighted by Gasteiger charge is 2.48. The summed E-state index contributed by atoms with van der Waals surface area (Å²) in [5.74, 6) is 1.09. The summed E-state index contributed by atoms with van der Waals surface area (Å²) < 4.78 is 3.03. The lowest BCUT2D eigenvalue weighted by Crippen LogP contribution is -2.37. The minimum absolute atomic E-state index is 0.0278. The number of hydrogen-bond donors (Lipinski definition) is 1. The van der Waals surface area contributed by atoms with E-state index in [1.165, 1.54) is 12.8 Å². The molecular formula is C9H13BrN4. The Kier molecular flexibility index (Phi) is 1.77. The first-order valence-electron chi connectivity index (χ1n) is 5.09. The van der Waals surface area contributed by atoms with Crippen LogP contribution in [0.15, 0.2) is 4.73 Å². The summed E-state index contributed by atoms with van der Waals surface area (Å²) in [4.78, 5) is 0. The van der Waals surface area contributed by atoms with Crippen LogP contribution in [0.1, 0.15) is 37.5 Å². The Hall–Kier alpha value is -0.420. The van der Waals surface area contributed by atoms with E-state index in [-0.39, 0.29) is 5.54 Å². The molecule has 2 heterocycles. The van der Waals surface area contributed by atoms with Crippen molar-refractivity contribution in [3.8, 4) is 0 Å². The molecule has 0 radical (unpaired) electrons. The second kappa shape index (κ2) is 2.79. The third kappa shape index (κ3) is 1.15. The molecule has 1 saturated carbocycles. The Morgan fingerprint density at radius 1 is 1.43 bits per heavy atom. The van der Waals surface area contributed by atoms with Crippen LogP contribution in [0.25, 0.3) is 0 Å². The van der Waals surface area contributed by atoms with Crippen LogP contribution < -0.4 is 5.73 Å². The van der Waals surface area contributed by atoms with Gasteiger partial charge in [0.1, 0.15) is 5.82 Å². The minimum atomic E-state index is 0.0278. The number of rotatable bonds is 1. The first-order valence-corrected chi connectivity index (χ1v) is 5.88. The molecule has 76 valence electrons. The molecule has 1 aromatic rings. The van der Waals surface area contributed by atoms with Crippen LogP contribution in [0.4, 0.5) is 0 Å². The third-order valence-electron chi connectivity index (χ3n) is 3.41. The maximum Gasteiger partial charge on any atom is 0.200 e. The molecule has 1 aromatic heterocycles. The van der Waals surface area contributed by atoms with E-state index in [9.17, 15) is 0 Å². The molecule has 4 nitrogen and oxygen atoms in total. The van der Waals surface area contributed by atoms with Gasteiger partial charge in [-0.05, 0) is 41.6 Å². The van der Waals surface area contributed by atoms with E-state index in [1.807, 2.05) is 0 Å². The van der Waals surface area contributed by atoms with Crippen LogP contribution in [0, 0.1) is 0 Å². The molecule has 1 aliphatic heterocycles. The Balaban J connectivity index is 2.05. The summed E-state index contributed by atoms with van der Waals surface area (Å²) in [6.07, 6.45) is 5.67. The van der Waals surface area contributed by atoms with Gasteiger partial charge in [0.15, 0.2) is 4.73 Å². The zero-order valence-corrected chi connectivity index (χ0v) is 9.50. The summed E-state index contributed by atoms with van der Waals surface area (Å²) in [5.41, 5.74) is 6.29. The molecule has 0 saturated heterocycles. The summed E-state index contributed by atoms with van der Waals surface area (Å²) in [6, 6.07) is 0.413. The van der Waals surface area contributed by atoms with Crippen molar-refractivity contribution in [2.75, 3.05) is 0 Å². The molecule has 0 bridgehead atoms. The monoisotopic (exact) mass is 256 g/mol. The molecule has 2 aliphatic rings. The Labute approximate surface area is 91.0 Å². The molecule has 1 atom stereocenters. The fourth-order valence-electron chi connectivity index (χ4n) is 2.39. The number of nitrogens with zero attached hydrogens (tertiary/aromatic N) is 3. The molecule has 1 fully saturated rings. The molecule has 14 heavy (non-hydrogen) atoms. The number of aryl methyl sites for hydroxylation is 1. The van der Waals surface area contributed by atoms with Gasteiger partial charge in [-0.1, -0.05) is 0 Å². The van der Waals surface area contributed by atoms with Gasteiger partial charge in [-0.2, -0.15) is 0 Å². The Morgan fingerprint density at radius 2 is 2.21 bits per heavy atom. The number of hydrogen-bond acceptors (Lipinski definition) is 3. The molecule has 5 heteroatoms. The quantitative estimate of drug-likeness (QED) is 0.827. The molecule has 1 aliphatic carbocycles. The lowest BCUT2D eigenvalue weighted by atomic mass is 9.96. The predicted octanol–water partition coefficient (Wildman–Crippen LogP) is 1.41. The average Bonchev–Trinajstić information content (AvgIpc) is 2.83. The van der Waals surface area contributed by atoms with Crippen molar-refractivity contribution in [2.45, 2.75) is 43.7 Å². The van der Waals surface area contributed by atoms with Gasteiger partial charge < -0.3 is 10.3 Å². The SMILES string of the molecule is NC1(C2CCCc3nnc(Br)n32)CC1. The number of halogens is 1. The van der Waals surface area contributed by atoms with Gasteiger partial charge >= 0.3 is 0 Å². The number of nitrogens with two attached hydrogens (primary N) is 1. The summed E-state index contributed by atoms with van der Waals surface area (Å²) in [5, 5.41) is 8.22. The van der Waals surface area contributed by atoms with Crippen molar-refractivity contribution in [1.29, 1.82) is 0 Å². The van der Waals surface area contributed by atoms with Crippen molar-refractivity contribution in [3.05, 3.63) is 10.6 Å². The van der Waals surface area contributed by atoms with Gasteiger partial charge in [0, 0.05) is 12.0 Å². The maximum atomic E-state index is 6.27. The second-order valence-electron chi connectivity index (χ2n) is 4.40.